The zero-order chi connectivity index (χ0) is 10.7. The number of ketones is 1. The molecular formula is C12H13NO2. The van der Waals surface area contributed by atoms with E-state index in [1.807, 2.05) is 31.2 Å². The first kappa shape index (κ1) is 9.90. The van der Waals surface area contributed by atoms with E-state index >= 15 is 0 Å². The molecule has 3 heteroatoms. The van der Waals surface area contributed by atoms with Crippen LogP contribution in [0.15, 0.2) is 29.3 Å². The molecule has 0 fully saturated rings. The second-order valence-electron chi connectivity index (χ2n) is 3.59. The minimum absolute atomic E-state index is 0.0688. The average molecular weight is 203 g/mol. The Hall–Kier alpha value is -1.64. The van der Waals surface area contributed by atoms with Crippen molar-refractivity contribution in [1.82, 2.24) is 0 Å². The fourth-order valence-electron chi connectivity index (χ4n) is 1.54. The maximum Gasteiger partial charge on any atom is 0.191 e. The number of aliphatic imine (C=N–C) groups is 1. The van der Waals surface area contributed by atoms with Crippen LogP contribution >= 0.6 is 0 Å². The van der Waals surface area contributed by atoms with Gasteiger partial charge in [-0.05, 0) is 13.0 Å². The lowest BCUT2D eigenvalue weighted by molar-refractivity contribution is 0.0994. The van der Waals surface area contributed by atoms with Crippen molar-refractivity contribution in [1.29, 1.82) is 0 Å². The molecule has 0 N–H and O–H groups in total. The van der Waals surface area contributed by atoms with E-state index in [9.17, 15) is 4.79 Å². The van der Waals surface area contributed by atoms with E-state index in [0.29, 0.717) is 19.0 Å². The number of nitrogens with zero attached hydrogens (tertiary/aromatic N) is 1. The summed E-state index contributed by atoms with van der Waals surface area (Å²) in [7, 11) is 0. The van der Waals surface area contributed by atoms with Gasteiger partial charge in [-0.15, -0.1) is 0 Å². The number of ether oxygens (including phenoxy) is 1. The van der Waals surface area contributed by atoms with Gasteiger partial charge in [0, 0.05) is 5.56 Å². The zero-order valence-corrected chi connectivity index (χ0v) is 8.69. The summed E-state index contributed by atoms with van der Waals surface area (Å²) in [6.45, 7) is 3.26. The van der Waals surface area contributed by atoms with Gasteiger partial charge >= 0.3 is 0 Å². The predicted molar refractivity (Wildman–Crippen MR) is 58.4 cm³/mol. The van der Waals surface area contributed by atoms with Crippen LogP contribution in [0, 0.1) is 6.92 Å². The van der Waals surface area contributed by atoms with Crippen LogP contribution in [-0.4, -0.2) is 24.8 Å². The van der Waals surface area contributed by atoms with Crippen molar-refractivity contribution in [2.75, 3.05) is 13.2 Å². The Kier molecular flexibility index (Phi) is 2.81. The van der Waals surface area contributed by atoms with Crippen molar-refractivity contribution in [3.63, 3.8) is 0 Å². The summed E-state index contributed by atoms with van der Waals surface area (Å²) < 4.78 is 5.20. The Labute approximate surface area is 88.8 Å². The van der Waals surface area contributed by atoms with Crippen LogP contribution in [0.2, 0.25) is 0 Å². The topological polar surface area (TPSA) is 38.7 Å². The first-order valence-corrected chi connectivity index (χ1v) is 5.02. The van der Waals surface area contributed by atoms with E-state index in [0.717, 1.165) is 11.1 Å². The van der Waals surface area contributed by atoms with Crippen molar-refractivity contribution >= 4 is 11.7 Å². The third-order valence-corrected chi connectivity index (χ3v) is 2.30. The van der Waals surface area contributed by atoms with Crippen LogP contribution in [0.1, 0.15) is 22.3 Å². The van der Waals surface area contributed by atoms with Crippen LogP contribution in [0.4, 0.5) is 0 Å². The number of Topliss-reactive ketones (excluding diaryl/α,β-unsaturated/α-hetero) is 1. The Morgan fingerprint density at radius 3 is 3.07 bits per heavy atom. The molecule has 0 saturated carbocycles. The molecule has 2 rings (SSSR count). The van der Waals surface area contributed by atoms with Crippen LogP contribution in [0.5, 0.6) is 0 Å². The number of benzene rings is 1. The first-order valence-electron chi connectivity index (χ1n) is 5.02. The Bertz CT molecular complexity index is 410. The van der Waals surface area contributed by atoms with Crippen molar-refractivity contribution < 1.29 is 9.53 Å². The molecule has 0 atom stereocenters. The van der Waals surface area contributed by atoms with Gasteiger partial charge in [0.15, 0.2) is 11.7 Å². The second-order valence-corrected chi connectivity index (χ2v) is 3.59. The van der Waals surface area contributed by atoms with Gasteiger partial charge in [0.1, 0.15) is 6.61 Å². The van der Waals surface area contributed by atoms with E-state index in [4.69, 9.17) is 4.74 Å². The highest BCUT2D eigenvalue weighted by atomic mass is 16.5. The van der Waals surface area contributed by atoms with E-state index in [1.165, 1.54) is 0 Å². The fourth-order valence-corrected chi connectivity index (χ4v) is 1.54. The summed E-state index contributed by atoms with van der Waals surface area (Å²) in [5.74, 6) is 0.640. The van der Waals surface area contributed by atoms with Crippen molar-refractivity contribution in [3.8, 4) is 0 Å². The molecule has 1 aliphatic heterocycles. The highest BCUT2D eigenvalue weighted by Gasteiger charge is 2.14. The highest BCUT2D eigenvalue weighted by molar-refractivity contribution is 6.07. The molecule has 0 aromatic heterocycles. The minimum atomic E-state index is 0.0688. The van der Waals surface area contributed by atoms with Crippen molar-refractivity contribution in [3.05, 3.63) is 35.4 Å². The molecule has 1 aromatic carbocycles. The Morgan fingerprint density at radius 1 is 1.53 bits per heavy atom. The lowest BCUT2D eigenvalue weighted by atomic mass is 10.1. The van der Waals surface area contributed by atoms with Gasteiger partial charge in [0.25, 0.3) is 0 Å². The molecule has 1 aliphatic rings. The molecule has 78 valence electrons. The average Bonchev–Trinajstić information content (AvgIpc) is 2.70. The van der Waals surface area contributed by atoms with E-state index in [1.54, 1.807) is 0 Å². The monoisotopic (exact) mass is 203 g/mol. The molecule has 15 heavy (non-hydrogen) atoms. The number of aryl methyl sites for hydroxylation is 1. The molecule has 0 bridgehead atoms. The molecular weight excluding hydrogens is 190 g/mol. The van der Waals surface area contributed by atoms with E-state index in [2.05, 4.69) is 4.99 Å². The molecule has 1 aromatic rings. The van der Waals surface area contributed by atoms with Crippen molar-refractivity contribution in [2.24, 2.45) is 4.99 Å². The van der Waals surface area contributed by atoms with Gasteiger partial charge in [0.05, 0.1) is 13.0 Å². The summed E-state index contributed by atoms with van der Waals surface area (Å²) in [5.41, 5.74) is 1.82. The molecule has 0 unspecified atom stereocenters. The lowest BCUT2D eigenvalue weighted by Crippen LogP contribution is -2.08. The lowest BCUT2D eigenvalue weighted by Gasteiger charge is -2.02. The third-order valence-electron chi connectivity index (χ3n) is 2.30. The smallest absolute Gasteiger partial charge is 0.191 e. The van der Waals surface area contributed by atoms with Gasteiger partial charge in [-0.25, -0.2) is 0 Å². The fraction of sp³-hybridized carbons (Fsp3) is 0.333. The maximum atomic E-state index is 11.8. The van der Waals surface area contributed by atoms with Gasteiger partial charge in [-0.3, -0.25) is 9.79 Å². The van der Waals surface area contributed by atoms with Gasteiger partial charge in [-0.2, -0.15) is 0 Å². The summed E-state index contributed by atoms with van der Waals surface area (Å²) in [5, 5.41) is 0. The number of hydrogen-bond donors (Lipinski definition) is 0. The van der Waals surface area contributed by atoms with Gasteiger partial charge in [-0.1, -0.05) is 23.8 Å². The van der Waals surface area contributed by atoms with Crippen LogP contribution in [-0.2, 0) is 4.74 Å². The highest BCUT2D eigenvalue weighted by Crippen LogP contribution is 2.09. The molecule has 0 radical (unpaired) electrons. The number of rotatable bonds is 3. The number of carbonyl (C=O) groups is 1. The zero-order valence-electron chi connectivity index (χ0n) is 8.69. The first-order chi connectivity index (χ1) is 7.25. The van der Waals surface area contributed by atoms with Gasteiger partial charge in [0.2, 0.25) is 0 Å². The third kappa shape index (κ3) is 2.43. The summed E-state index contributed by atoms with van der Waals surface area (Å²) in [6.07, 6.45) is 0.281. The quantitative estimate of drug-likeness (QED) is 0.705. The normalized spacial score (nSPS) is 14.6. The molecule has 3 nitrogen and oxygen atoms in total. The molecule has 0 saturated heterocycles. The molecule has 0 amide bonds. The molecule has 1 heterocycles. The van der Waals surface area contributed by atoms with Gasteiger partial charge < -0.3 is 4.74 Å². The predicted octanol–water partition coefficient (Wildman–Crippen LogP) is 2.00. The van der Waals surface area contributed by atoms with Crippen LogP contribution in [0.3, 0.4) is 0 Å². The van der Waals surface area contributed by atoms with E-state index < -0.39 is 0 Å². The largest absolute Gasteiger partial charge is 0.479 e. The molecule has 0 spiro atoms. The van der Waals surface area contributed by atoms with E-state index in [-0.39, 0.29) is 12.2 Å². The summed E-state index contributed by atoms with van der Waals surface area (Å²) in [4.78, 5) is 15.9. The van der Waals surface area contributed by atoms with Crippen LogP contribution in [0.25, 0.3) is 0 Å². The summed E-state index contributed by atoms with van der Waals surface area (Å²) in [6, 6.07) is 7.57. The minimum Gasteiger partial charge on any atom is -0.479 e. The molecule has 0 aliphatic carbocycles. The van der Waals surface area contributed by atoms with Crippen LogP contribution < -0.4 is 0 Å². The Balaban J connectivity index is 2.07. The maximum absolute atomic E-state index is 11.8. The summed E-state index contributed by atoms with van der Waals surface area (Å²) >= 11 is 0. The second kappa shape index (κ2) is 4.26. The SMILES string of the molecule is Cc1cccc(C(=O)CC2=NCCO2)c1. The number of hydrogen-bond acceptors (Lipinski definition) is 3. The number of carbonyl (C=O) groups excluding carboxylic acids is 1. The standard InChI is InChI=1S/C12H13NO2/c1-9-3-2-4-10(7-9)11(14)8-12-13-5-6-15-12/h2-4,7H,5-6,8H2,1H3. The van der Waals surface area contributed by atoms with Crippen molar-refractivity contribution in [2.45, 2.75) is 13.3 Å². The Morgan fingerprint density at radius 2 is 2.40 bits per heavy atom.